The maximum atomic E-state index is 13.8. The summed E-state index contributed by atoms with van der Waals surface area (Å²) in [6.07, 6.45) is 2.20. The van der Waals surface area contributed by atoms with Crippen LogP contribution >= 0.6 is 0 Å². The maximum Gasteiger partial charge on any atom is 0.194 e. The van der Waals surface area contributed by atoms with Gasteiger partial charge in [0.2, 0.25) is 0 Å². The van der Waals surface area contributed by atoms with Gasteiger partial charge in [-0.1, -0.05) is 6.07 Å². The number of benzene rings is 2. The Morgan fingerprint density at radius 3 is 2.35 bits per heavy atom. The number of hydrogen-bond donors (Lipinski definition) is 1. The van der Waals surface area contributed by atoms with Crippen molar-refractivity contribution in [2.75, 3.05) is 26.2 Å². The molecule has 3 rings (SSSR count). The molecule has 1 fully saturated rings. The second-order valence-electron chi connectivity index (χ2n) is 6.67. The molecule has 2 aromatic carbocycles. The fraction of sp³-hybridized carbons (Fsp3) is 0.400. The van der Waals surface area contributed by atoms with Gasteiger partial charge >= 0.3 is 0 Å². The fourth-order valence-corrected chi connectivity index (χ4v) is 3.28. The molecule has 0 unspecified atom stereocenters. The number of ether oxygens (including phenoxy) is 1. The van der Waals surface area contributed by atoms with Crippen molar-refractivity contribution < 1.29 is 23.0 Å². The molecule has 1 heterocycles. The first-order valence-electron chi connectivity index (χ1n) is 8.79. The van der Waals surface area contributed by atoms with Crippen LogP contribution in [0.4, 0.5) is 13.2 Å². The van der Waals surface area contributed by atoms with Gasteiger partial charge in [-0.15, -0.1) is 0 Å². The molecule has 1 aliphatic rings. The van der Waals surface area contributed by atoms with E-state index in [1.807, 2.05) is 0 Å². The minimum absolute atomic E-state index is 0.205. The van der Waals surface area contributed by atoms with Gasteiger partial charge in [0.15, 0.2) is 17.5 Å². The first kappa shape index (κ1) is 18.6. The van der Waals surface area contributed by atoms with E-state index in [0.717, 1.165) is 38.5 Å². The molecule has 0 radical (unpaired) electrons. The van der Waals surface area contributed by atoms with Crippen LogP contribution in [0.5, 0.6) is 11.5 Å². The normalized spacial score (nSPS) is 16.0. The van der Waals surface area contributed by atoms with E-state index in [4.69, 9.17) is 4.74 Å². The number of nitrogens with zero attached hydrogens (tertiary/aromatic N) is 1. The van der Waals surface area contributed by atoms with Gasteiger partial charge in [-0.25, -0.2) is 13.2 Å². The lowest BCUT2D eigenvalue weighted by atomic mass is 9.90. The van der Waals surface area contributed by atoms with Crippen molar-refractivity contribution in [1.82, 2.24) is 4.90 Å². The average Bonchev–Trinajstić information content (AvgIpc) is 2.65. The van der Waals surface area contributed by atoms with Crippen LogP contribution in [0.25, 0.3) is 0 Å². The van der Waals surface area contributed by atoms with Gasteiger partial charge in [-0.3, -0.25) is 4.90 Å². The highest BCUT2D eigenvalue weighted by Crippen LogP contribution is 2.25. The van der Waals surface area contributed by atoms with Crippen LogP contribution in [0.15, 0.2) is 36.4 Å². The van der Waals surface area contributed by atoms with E-state index >= 15 is 0 Å². The molecule has 0 spiro atoms. The molecule has 0 aliphatic carbocycles. The minimum Gasteiger partial charge on any atom is -0.508 e. The van der Waals surface area contributed by atoms with Crippen LogP contribution in [0, 0.1) is 23.4 Å². The number of likely N-dealkylation sites (tertiary alicyclic amines) is 1. The van der Waals surface area contributed by atoms with Crippen LogP contribution in [-0.4, -0.2) is 36.2 Å². The molecule has 26 heavy (non-hydrogen) atoms. The Kier molecular flexibility index (Phi) is 6.04. The largest absolute Gasteiger partial charge is 0.508 e. The monoisotopic (exact) mass is 365 g/mol. The molecule has 1 N–H and O–H groups in total. The Morgan fingerprint density at radius 1 is 0.962 bits per heavy atom. The summed E-state index contributed by atoms with van der Waals surface area (Å²) in [6.45, 7) is 3.07. The summed E-state index contributed by atoms with van der Waals surface area (Å²) < 4.78 is 45.8. The summed E-state index contributed by atoms with van der Waals surface area (Å²) in [5.41, 5.74) is 0.248. The lowest BCUT2D eigenvalue weighted by molar-refractivity contribution is 0.154. The van der Waals surface area contributed by atoms with Gasteiger partial charge in [0.1, 0.15) is 18.1 Å². The van der Waals surface area contributed by atoms with Gasteiger partial charge in [0, 0.05) is 6.54 Å². The van der Waals surface area contributed by atoms with Crippen molar-refractivity contribution in [2.45, 2.75) is 19.3 Å². The second-order valence-corrected chi connectivity index (χ2v) is 6.67. The van der Waals surface area contributed by atoms with Crippen molar-refractivity contribution in [1.29, 1.82) is 0 Å². The smallest absolute Gasteiger partial charge is 0.194 e. The number of piperidine rings is 1. The number of halogens is 3. The van der Waals surface area contributed by atoms with E-state index in [9.17, 15) is 18.3 Å². The highest BCUT2D eigenvalue weighted by atomic mass is 19.2. The van der Waals surface area contributed by atoms with Crippen LogP contribution in [0.3, 0.4) is 0 Å². The van der Waals surface area contributed by atoms with Gasteiger partial charge < -0.3 is 9.84 Å². The molecule has 3 nitrogen and oxygen atoms in total. The molecule has 0 aromatic heterocycles. The third kappa shape index (κ3) is 4.69. The van der Waals surface area contributed by atoms with E-state index in [1.54, 1.807) is 24.3 Å². The Bertz CT molecular complexity index is 729. The molecule has 0 amide bonds. The standard InChI is InChI=1S/C20H22F3NO2/c21-18-6-1-15(19(22)20(18)23)13-14-7-9-24(10-8-14)11-12-26-17-4-2-16(25)3-5-17/h1-6,14,25H,7-13H2. The van der Waals surface area contributed by atoms with E-state index in [-0.39, 0.29) is 17.2 Å². The molecule has 6 heteroatoms. The summed E-state index contributed by atoms with van der Waals surface area (Å²) >= 11 is 0. The molecule has 0 bridgehead atoms. The van der Waals surface area contributed by atoms with Gasteiger partial charge in [0.05, 0.1) is 0 Å². The zero-order chi connectivity index (χ0) is 18.5. The van der Waals surface area contributed by atoms with Crippen molar-refractivity contribution >= 4 is 0 Å². The van der Waals surface area contributed by atoms with Crippen LogP contribution in [-0.2, 0) is 6.42 Å². The van der Waals surface area contributed by atoms with Crippen molar-refractivity contribution in [3.05, 3.63) is 59.4 Å². The molecule has 0 saturated carbocycles. The lowest BCUT2D eigenvalue weighted by Gasteiger charge is -2.32. The lowest BCUT2D eigenvalue weighted by Crippen LogP contribution is -2.37. The van der Waals surface area contributed by atoms with Crippen molar-refractivity contribution in [3.63, 3.8) is 0 Å². The van der Waals surface area contributed by atoms with Crippen LogP contribution < -0.4 is 4.74 Å². The molecule has 1 aliphatic heterocycles. The minimum atomic E-state index is -1.38. The zero-order valence-electron chi connectivity index (χ0n) is 14.4. The predicted molar refractivity (Wildman–Crippen MR) is 92.8 cm³/mol. The van der Waals surface area contributed by atoms with Crippen LogP contribution in [0.1, 0.15) is 18.4 Å². The number of phenolic OH excluding ortho intramolecular Hbond substituents is 1. The summed E-state index contributed by atoms with van der Waals surface area (Å²) in [7, 11) is 0. The third-order valence-electron chi connectivity index (χ3n) is 4.84. The quantitative estimate of drug-likeness (QED) is 0.781. The Balaban J connectivity index is 1.41. The van der Waals surface area contributed by atoms with Gasteiger partial charge in [-0.2, -0.15) is 0 Å². The van der Waals surface area contributed by atoms with Gasteiger partial charge in [0.25, 0.3) is 0 Å². The highest BCUT2D eigenvalue weighted by molar-refractivity contribution is 5.30. The average molecular weight is 365 g/mol. The maximum absolute atomic E-state index is 13.8. The molecular weight excluding hydrogens is 343 g/mol. The Labute approximate surface area is 151 Å². The highest BCUT2D eigenvalue weighted by Gasteiger charge is 2.22. The summed E-state index contributed by atoms with van der Waals surface area (Å²) in [6, 6.07) is 8.93. The van der Waals surface area contributed by atoms with Crippen LogP contribution in [0.2, 0.25) is 0 Å². The fourth-order valence-electron chi connectivity index (χ4n) is 3.28. The van der Waals surface area contributed by atoms with E-state index in [2.05, 4.69) is 4.90 Å². The number of rotatable bonds is 6. The second kappa shape index (κ2) is 8.45. The summed E-state index contributed by atoms with van der Waals surface area (Å²) in [5.74, 6) is -2.40. The molecule has 0 atom stereocenters. The first-order valence-corrected chi connectivity index (χ1v) is 8.79. The SMILES string of the molecule is Oc1ccc(OCCN2CCC(Cc3ccc(F)c(F)c3F)CC2)cc1. The topological polar surface area (TPSA) is 32.7 Å². The van der Waals surface area contributed by atoms with E-state index in [1.165, 1.54) is 6.07 Å². The number of hydrogen-bond acceptors (Lipinski definition) is 3. The van der Waals surface area contributed by atoms with Gasteiger partial charge in [-0.05, 0) is 74.2 Å². The Morgan fingerprint density at radius 2 is 1.65 bits per heavy atom. The van der Waals surface area contributed by atoms with Crippen molar-refractivity contribution in [2.24, 2.45) is 5.92 Å². The molecule has 1 saturated heterocycles. The molecule has 140 valence electrons. The van der Waals surface area contributed by atoms with E-state index < -0.39 is 17.5 Å². The third-order valence-corrected chi connectivity index (χ3v) is 4.84. The van der Waals surface area contributed by atoms with Crippen molar-refractivity contribution in [3.8, 4) is 11.5 Å². The zero-order valence-corrected chi connectivity index (χ0v) is 14.4. The molecular formula is C20H22F3NO2. The molecule has 2 aromatic rings. The summed E-state index contributed by atoms with van der Waals surface area (Å²) in [4.78, 5) is 2.28. The number of aromatic hydroxyl groups is 1. The van der Waals surface area contributed by atoms with E-state index in [0.29, 0.717) is 18.8 Å². The Hall–Kier alpha value is -2.21. The number of phenols is 1. The predicted octanol–water partition coefficient (Wildman–Crippen LogP) is 4.14. The summed E-state index contributed by atoms with van der Waals surface area (Å²) in [5, 5.41) is 9.24. The first-order chi connectivity index (χ1) is 12.5.